The van der Waals surface area contributed by atoms with E-state index >= 15 is 0 Å². The fraction of sp³-hybridized carbons (Fsp3) is 0.750. The monoisotopic (exact) mass is 1510 g/mol. The molecule has 0 aliphatic heterocycles. The number of aliphatic carboxylic acids is 6. The molecule has 41 nitrogen and oxygen atoms in total. The van der Waals surface area contributed by atoms with E-state index in [1.807, 2.05) is 0 Å². The van der Waals surface area contributed by atoms with E-state index in [9.17, 15) is 118 Å². The van der Waals surface area contributed by atoms with Gasteiger partial charge in [-0.2, -0.15) is 0 Å². The second kappa shape index (κ2) is 54.7. The van der Waals surface area contributed by atoms with E-state index in [-0.39, 0.29) is 105 Å². The van der Waals surface area contributed by atoms with Crippen LogP contribution in [0.1, 0.15) is 120 Å². The van der Waals surface area contributed by atoms with Crippen molar-refractivity contribution in [3.05, 3.63) is 0 Å². The van der Waals surface area contributed by atoms with Crippen LogP contribution in [0.3, 0.4) is 0 Å². The molecule has 600 valence electrons. The zero-order chi connectivity index (χ0) is 79.7. The van der Waals surface area contributed by atoms with Crippen molar-refractivity contribution in [1.29, 1.82) is 0 Å². The van der Waals surface area contributed by atoms with Gasteiger partial charge in [0.1, 0.15) is 60.4 Å². The van der Waals surface area contributed by atoms with Crippen molar-refractivity contribution in [2.24, 2.45) is 23.7 Å². The number of rotatable bonds is 62. The summed E-state index contributed by atoms with van der Waals surface area (Å²) >= 11 is 0. The van der Waals surface area contributed by atoms with Crippen molar-refractivity contribution in [3.63, 3.8) is 0 Å². The number of hydrogen-bond acceptors (Lipinski definition) is 25. The summed E-state index contributed by atoms with van der Waals surface area (Å²) in [6.45, 7) is 12.6. The smallest absolute Gasteiger partial charge is 0.326 e. The Morgan fingerprint density at radius 3 is 0.743 bits per heavy atom. The van der Waals surface area contributed by atoms with Gasteiger partial charge >= 0.3 is 35.8 Å². The first-order valence-corrected chi connectivity index (χ1v) is 34.2. The average molecular weight is 1510 g/mol. The first kappa shape index (κ1) is 96.2. The fourth-order valence-corrected chi connectivity index (χ4v) is 9.02. The number of carbonyl (C=O) groups is 16. The van der Waals surface area contributed by atoms with Crippen LogP contribution in [-0.2, 0) is 110 Å². The Hall–Kier alpha value is -8.84. The lowest BCUT2D eigenvalue weighted by Gasteiger charge is -2.27. The Bertz CT molecular complexity index is 2600. The van der Waals surface area contributed by atoms with E-state index in [0.717, 1.165) is 0 Å². The molecule has 0 aromatic rings. The standard InChI is InChI=1S/C64H108N10O31/c1-9-37(7)53(61(93)65-39(11-13-47(79)80)55(87)69-43(33-75)59(91)67-41(31-49(83)84)57(89)73-51(35(3)4)63(95)96)71-45(77)15-17-99-19-21-101-23-25-103-27-29-105-30-28-104-26-24-102-22-20-100-18-16-46(78)72-54(38(8)10-2)62(94)66-40(12-14-48(81)82)56(88)70-44(34-76)60(92)68-42(32-50(85)86)58(90)74-52(36(5)6)64(97)98/h35-44,51-54,75-76H,9-34H2,1-8H3,(H,65,93)(H,66,94)(H,67,91)(H,68,92)(H,69,87)(H,70,88)(H,71,77)(H,72,78)(H,73,89)(H,74,90)(H,79,80)(H,81,82)(H,83,84)(H,85,86)(H,95,96)(H,97,98)/t37-,38-,39-,40-,41-,42-,43-,44-,51-,52-,53-,54-/m0/s1. The van der Waals surface area contributed by atoms with Gasteiger partial charge in [0.15, 0.2) is 0 Å². The molecule has 0 saturated carbocycles. The molecule has 0 aliphatic carbocycles. The minimum atomic E-state index is -1.88. The molecule has 0 spiro atoms. The highest BCUT2D eigenvalue weighted by molar-refractivity contribution is 5.99. The van der Waals surface area contributed by atoms with Crippen LogP contribution in [0.4, 0.5) is 0 Å². The lowest BCUT2D eigenvalue weighted by molar-refractivity contribution is -0.145. The van der Waals surface area contributed by atoms with Crippen molar-refractivity contribution in [1.82, 2.24) is 53.2 Å². The van der Waals surface area contributed by atoms with Crippen LogP contribution in [0.2, 0.25) is 0 Å². The van der Waals surface area contributed by atoms with E-state index < -0.39 is 231 Å². The van der Waals surface area contributed by atoms with E-state index in [2.05, 4.69) is 53.2 Å². The maximum atomic E-state index is 13.6. The van der Waals surface area contributed by atoms with E-state index in [1.54, 1.807) is 27.7 Å². The Morgan fingerprint density at radius 1 is 0.276 bits per heavy atom. The van der Waals surface area contributed by atoms with Crippen LogP contribution >= 0.6 is 0 Å². The van der Waals surface area contributed by atoms with Gasteiger partial charge < -0.3 is 127 Å². The molecule has 0 aliphatic rings. The zero-order valence-corrected chi connectivity index (χ0v) is 60.4. The number of carbonyl (C=O) groups excluding carboxylic acids is 10. The average Bonchev–Trinajstić information content (AvgIpc) is 0.872. The van der Waals surface area contributed by atoms with Crippen LogP contribution in [0, 0.1) is 23.7 Å². The summed E-state index contributed by atoms with van der Waals surface area (Å²) in [5, 5.41) is 99.0. The lowest BCUT2D eigenvalue weighted by Crippen LogP contribution is -2.60. The molecule has 0 unspecified atom stereocenters. The van der Waals surface area contributed by atoms with Gasteiger partial charge in [-0.15, -0.1) is 0 Å². The topological polar surface area (TPSA) is 620 Å². The summed E-state index contributed by atoms with van der Waals surface area (Å²) in [6, 6.07) is -16.2. The molecule has 0 heterocycles. The summed E-state index contributed by atoms with van der Waals surface area (Å²) in [5.74, 6) is -21.4. The number of nitrogens with one attached hydrogen (secondary N) is 10. The van der Waals surface area contributed by atoms with Gasteiger partial charge in [-0.3, -0.25) is 67.1 Å². The van der Waals surface area contributed by atoms with E-state index in [1.165, 1.54) is 27.7 Å². The Balaban J connectivity index is 4.79. The maximum absolute atomic E-state index is 13.6. The molecule has 0 aromatic heterocycles. The molecule has 18 N–H and O–H groups in total. The number of aliphatic hydroxyl groups is 2. The molecular formula is C64H108N10O31. The van der Waals surface area contributed by atoms with Crippen LogP contribution < -0.4 is 53.2 Å². The molecule has 0 bridgehead atoms. The molecule has 41 heteroatoms. The van der Waals surface area contributed by atoms with Gasteiger partial charge in [0.2, 0.25) is 59.1 Å². The molecule has 0 aromatic carbocycles. The Morgan fingerprint density at radius 2 is 0.514 bits per heavy atom. The van der Waals surface area contributed by atoms with Gasteiger partial charge in [0.05, 0.1) is 119 Å². The third-order valence-electron chi connectivity index (χ3n) is 15.5. The van der Waals surface area contributed by atoms with Crippen molar-refractivity contribution in [3.8, 4) is 0 Å². The van der Waals surface area contributed by atoms with Gasteiger partial charge in [0.25, 0.3) is 0 Å². The summed E-state index contributed by atoms with van der Waals surface area (Å²) < 4.78 is 38.4. The van der Waals surface area contributed by atoms with Crippen LogP contribution in [0.25, 0.3) is 0 Å². The lowest BCUT2D eigenvalue weighted by atomic mass is 9.97. The van der Waals surface area contributed by atoms with Gasteiger partial charge in [0, 0.05) is 25.7 Å². The quantitative estimate of drug-likeness (QED) is 0.0254. The first-order valence-electron chi connectivity index (χ1n) is 34.2. The van der Waals surface area contributed by atoms with Crippen molar-refractivity contribution in [2.75, 3.05) is 106 Å². The molecule has 0 rings (SSSR count). The number of carboxylic acid groups (broad SMARTS) is 6. The van der Waals surface area contributed by atoms with Gasteiger partial charge in [-0.1, -0.05) is 68.2 Å². The summed E-state index contributed by atoms with van der Waals surface area (Å²) in [5.41, 5.74) is 0. The number of aliphatic hydroxyl groups excluding tert-OH is 2. The normalized spacial score (nSPS) is 14.7. The second-order valence-corrected chi connectivity index (χ2v) is 24.6. The van der Waals surface area contributed by atoms with Crippen LogP contribution in [-0.4, -0.2) is 302 Å². The third kappa shape index (κ3) is 42.6. The highest BCUT2D eigenvalue weighted by atomic mass is 16.6. The number of carboxylic acids is 6. The summed E-state index contributed by atoms with van der Waals surface area (Å²) in [4.78, 5) is 202. The summed E-state index contributed by atoms with van der Waals surface area (Å²) in [6.07, 6.45) is -4.11. The SMILES string of the molecule is CC[C@H](C)[C@H](NC(=O)CCOCCOCCOCCOCCOCCOCCOCCC(=O)N[C@H](C(=O)N[C@@H](CCC(=O)O)C(=O)N[C@@H](CO)C(=O)N[C@@H](CC(=O)O)C(=O)N[C@H](C(=O)O)C(C)C)[C@@H](C)CC)C(=O)N[C@@H](CCC(=O)O)C(=O)N[C@@H](CO)C(=O)N[C@@H](CC(=O)O)C(=O)N[C@H](C(=O)O)C(C)C. The highest BCUT2D eigenvalue weighted by Gasteiger charge is 2.38. The van der Waals surface area contributed by atoms with E-state index in [4.69, 9.17) is 33.2 Å². The number of ether oxygens (including phenoxy) is 7. The molecular weight excluding hydrogens is 1400 g/mol. The molecule has 0 saturated heterocycles. The van der Waals surface area contributed by atoms with Gasteiger partial charge in [-0.25, -0.2) is 9.59 Å². The predicted molar refractivity (Wildman–Crippen MR) is 361 cm³/mol. The van der Waals surface area contributed by atoms with Gasteiger partial charge in [-0.05, 0) is 36.5 Å². The molecule has 10 amide bonds. The number of amides is 10. The molecule has 105 heavy (non-hydrogen) atoms. The van der Waals surface area contributed by atoms with Crippen molar-refractivity contribution >= 4 is 94.9 Å². The maximum Gasteiger partial charge on any atom is 0.326 e. The van der Waals surface area contributed by atoms with Crippen LogP contribution in [0.5, 0.6) is 0 Å². The van der Waals surface area contributed by atoms with Crippen LogP contribution in [0.15, 0.2) is 0 Å². The molecule has 12 atom stereocenters. The minimum Gasteiger partial charge on any atom is -0.481 e. The Labute approximate surface area is 606 Å². The zero-order valence-electron chi connectivity index (χ0n) is 60.4. The molecule has 0 fully saturated rings. The fourth-order valence-electron chi connectivity index (χ4n) is 9.02. The third-order valence-corrected chi connectivity index (χ3v) is 15.5. The first-order chi connectivity index (χ1) is 49.5. The minimum absolute atomic E-state index is 0.0776. The van der Waals surface area contributed by atoms with Crippen molar-refractivity contribution < 1.29 is 151 Å². The van der Waals surface area contributed by atoms with Crippen molar-refractivity contribution in [2.45, 2.75) is 180 Å². The number of hydrogen-bond donors (Lipinski definition) is 18. The largest absolute Gasteiger partial charge is 0.481 e. The predicted octanol–water partition coefficient (Wildman–Crippen LogP) is -5.03. The van der Waals surface area contributed by atoms with E-state index in [0.29, 0.717) is 12.8 Å². The second-order valence-electron chi connectivity index (χ2n) is 24.6. The highest BCUT2D eigenvalue weighted by Crippen LogP contribution is 2.14. The summed E-state index contributed by atoms with van der Waals surface area (Å²) in [7, 11) is 0. The molecule has 0 radical (unpaired) electrons. The Kier molecular flexibility index (Phi) is 50.1.